The molecule has 0 amide bonds. The average Bonchev–Trinajstić information content (AvgIpc) is 2.78. The van der Waals surface area contributed by atoms with E-state index in [1.54, 1.807) is 12.1 Å². The molecule has 0 aliphatic rings. The predicted molar refractivity (Wildman–Crippen MR) is 103 cm³/mol. The normalized spacial score (nSPS) is 11.6. The Kier molecular flexibility index (Phi) is 5.94. The molecule has 3 heterocycles. The van der Waals surface area contributed by atoms with Crippen molar-refractivity contribution < 1.29 is 31.1 Å². The lowest BCUT2D eigenvalue weighted by Gasteiger charge is -2.13. The highest BCUT2D eigenvalue weighted by Gasteiger charge is 2.41. The molecule has 3 aromatic heterocycles. The summed E-state index contributed by atoms with van der Waals surface area (Å²) in [5, 5.41) is 3.10. The van der Waals surface area contributed by atoms with Crippen LogP contribution in [-0.4, -0.2) is 31.5 Å². The molecule has 33 heavy (non-hydrogen) atoms. The zero-order valence-corrected chi connectivity index (χ0v) is 16.4. The molecule has 0 saturated heterocycles. The molecular formula is C20H12F6N6O. The number of fused-ring (bicyclic) bond motifs is 1. The molecule has 0 aliphatic heterocycles. The summed E-state index contributed by atoms with van der Waals surface area (Å²) in [5.41, 5.74) is -0.685. The first-order valence-corrected chi connectivity index (χ1v) is 9.28. The topological polar surface area (TPSA) is 85.7 Å². The van der Waals surface area contributed by atoms with Crippen molar-refractivity contribution >= 4 is 17.0 Å². The Hall–Kier alpha value is -4.03. The van der Waals surface area contributed by atoms with Crippen molar-refractivity contribution in [1.82, 2.24) is 24.9 Å². The molecule has 1 aromatic carbocycles. The molecule has 0 spiro atoms. The summed E-state index contributed by atoms with van der Waals surface area (Å²) in [6.45, 7) is 0.442. The fourth-order valence-electron chi connectivity index (χ4n) is 2.90. The maximum Gasteiger partial charge on any atom is 0.422 e. The van der Waals surface area contributed by atoms with Crippen LogP contribution in [0.15, 0.2) is 43.0 Å². The molecule has 13 heteroatoms. The van der Waals surface area contributed by atoms with Gasteiger partial charge in [-0.3, -0.25) is 0 Å². The molecule has 0 radical (unpaired) electrons. The predicted octanol–water partition coefficient (Wildman–Crippen LogP) is 4.70. The fourth-order valence-corrected chi connectivity index (χ4v) is 2.90. The van der Waals surface area contributed by atoms with Gasteiger partial charge in [-0.05, 0) is 24.1 Å². The average molecular weight is 466 g/mol. The van der Waals surface area contributed by atoms with Crippen LogP contribution in [0.2, 0.25) is 0 Å². The second-order valence-corrected chi connectivity index (χ2v) is 6.58. The van der Waals surface area contributed by atoms with Crippen molar-refractivity contribution in [3.63, 3.8) is 0 Å². The van der Waals surface area contributed by atoms with Crippen LogP contribution < -0.4 is 10.1 Å². The number of rotatable bonds is 6. The van der Waals surface area contributed by atoms with E-state index in [4.69, 9.17) is 4.74 Å². The van der Waals surface area contributed by atoms with Gasteiger partial charge in [0.2, 0.25) is 5.82 Å². The van der Waals surface area contributed by atoms with Gasteiger partial charge in [0.15, 0.2) is 17.3 Å². The molecule has 4 aromatic rings. The largest absolute Gasteiger partial charge is 0.436 e. The molecule has 170 valence electrons. The van der Waals surface area contributed by atoms with Crippen molar-refractivity contribution in [3.05, 3.63) is 71.7 Å². The number of halogens is 6. The molecular weight excluding hydrogens is 454 g/mol. The summed E-state index contributed by atoms with van der Waals surface area (Å²) in [4.78, 5) is 19.2. The number of nitrogens with one attached hydrogen (secondary N) is 1. The summed E-state index contributed by atoms with van der Waals surface area (Å²) in [6, 6.07) is 5.79. The highest BCUT2D eigenvalue weighted by Crippen LogP contribution is 2.37. The van der Waals surface area contributed by atoms with Crippen LogP contribution in [0, 0.1) is 17.6 Å². The van der Waals surface area contributed by atoms with Gasteiger partial charge in [-0.15, -0.1) is 0 Å². The Morgan fingerprint density at radius 2 is 1.61 bits per heavy atom. The smallest absolute Gasteiger partial charge is 0.422 e. The van der Waals surface area contributed by atoms with E-state index < -0.39 is 35.2 Å². The minimum Gasteiger partial charge on any atom is -0.436 e. The quantitative estimate of drug-likeness (QED) is 0.326. The van der Waals surface area contributed by atoms with Gasteiger partial charge < -0.3 is 10.1 Å². The van der Waals surface area contributed by atoms with Gasteiger partial charge in [-0.25, -0.2) is 28.7 Å². The summed E-state index contributed by atoms with van der Waals surface area (Å²) >= 11 is 0. The monoisotopic (exact) mass is 466 g/mol. The first-order valence-electron chi connectivity index (χ1n) is 9.28. The summed E-state index contributed by atoms with van der Waals surface area (Å²) in [5.74, 6) is -7.65. The van der Waals surface area contributed by atoms with E-state index in [2.05, 4.69) is 30.2 Å². The third kappa shape index (κ3) is 4.76. The summed E-state index contributed by atoms with van der Waals surface area (Å²) < 4.78 is 84.3. The van der Waals surface area contributed by atoms with Crippen molar-refractivity contribution in [2.45, 2.75) is 12.6 Å². The van der Waals surface area contributed by atoms with Crippen molar-refractivity contribution in [2.75, 3.05) is 11.9 Å². The molecule has 7 nitrogen and oxygen atoms in total. The van der Waals surface area contributed by atoms with E-state index in [1.807, 2.05) is 0 Å². The Morgan fingerprint density at radius 3 is 2.33 bits per heavy atom. The van der Waals surface area contributed by atoms with Gasteiger partial charge in [0.1, 0.15) is 23.2 Å². The number of ether oxygens (including phenoxy) is 1. The lowest BCUT2D eigenvalue weighted by atomic mass is 10.1. The van der Waals surface area contributed by atoms with E-state index in [1.165, 1.54) is 30.9 Å². The Balaban J connectivity index is 1.43. The van der Waals surface area contributed by atoms with Crippen LogP contribution in [0.5, 0.6) is 11.6 Å². The number of nitrogens with zero attached hydrogens (tertiary/aromatic N) is 5. The number of pyridine rings is 1. The molecule has 0 unspecified atom stereocenters. The number of hydrogen-bond acceptors (Lipinski definition) is 7. The van der Waals surface area contributed by atoms with Crippen LogP contribution in [-0.2, 0) is 12.6 Å². The van der Waals surface area contributed by atoms with Gasteiger partial charge in [0.05, 0.1) is 0 Å². The SMILES string of the molecule is Fc1nc(Oc2ccc(CCNc3ncnc4nccnc34)cc2)c(F)c(C(F)(F)F)c1F. The highest BCUT2D eigenvalue weighted by atomic mass is 19.4. The Morgan fingerprint density at radius 1 is 0.879 bits per heavy atom. The third-order valence-electron chi connectivity index (χ3n) is 4.41. The maximum absolute atomic E-state index is 14.1. The fraction of sp³-hybridized carbons (Fsp3) is 0.150. The zero-order valence-electron chi connectivity index (χ0n) is 16.4. The number of aromatic nitrogens is 5. The number of anilines is 1. The zero-order chi connectivity index (χ0) is 23.6. The lowest BCUT2D eigenvalue weighted by Crippen LogP contribution is -2.15. The molecule has 0 fully saturated rings. The lowest BCUT2D eigenvalue weighted by molar-refractivity contribution is -0.143. The van der Waals surface area contributed by atoms with E-state index >= 15 is 0 Å². The van der Waals surface area contributed by atoms with Crippen LogP contribution in [0.25, 0.3) is 11.2 Å². The van der Waals surface area contributed by atoms with Crippen molar-refractivity contribution in [1.29, 1.82) is 0 Å². The van der Waals surface area contributed by atoms with E-state index in [9.17, 15) is 26.3 Å². The van der Waals surface area contributed by atoms with Gasteiger partial charge in [0, 0.05) is 18.9 Å². The van der Waals surface area contributed by atoms with Gasteiger partial charge in [-0.2, -0.15) is 22.5 Å². The van der Waals surface area contributed by atoms with Crippen LogP contribution in [0.4, 0.5) is 32.2 Å². The van der Waals surface area contributed by atoms with Gasteiger partial charge in [0.25, 0.3) is 11.8 Å². The van der Waals surface area contributed by atoms with Crippen LogP contribution >= 0.6 is 0 Å². The second kappa shape index (κ2) is 8.84. The Labute approximate surface area is 181 Å². The molecule has 0 aliphatic carbocycles. The van der Waals surface area contributed by atoms with Crippen molar-refractivity contribution in [3.8, 4) is 11.6 Å². The molecule has 4 rings (SSSR count). The van der Waals surface area contributed by atoms with Gasteiger partial charge >= 0.3 is 6.18 Å². The minimum absolute atomic E-state index is 0.116. The van der Waals surface area contributed by atoms with Crippen molar-refractivity contribution in [2.24, 2.45) is 0 Å². The summed E-state index contributed by atoms with van der Waals surface area (Å²) in [7, 11) is 0. The van der Waals surface area contributed by atoms with Crippen LogP contribution in [0.3, 0.4) is 0 Å². The van der Waals surface area contributed by atoms with E-state index in [0.717, 1.165) is 5.56 Å². The molecule has 0 bridgehead atoms. The number of benzene rings is 1. The maximum atomic E-state index is 14.1. The standard InChI is InChI=1S/C20H12F6N6O/c21-13-12(20(24,25)26)14(22)19(32-16(13)23)33-11-3-1-10(2-4-11)5-6-28-17-15-18(31-9-30-17)29-8-7-27-15/h1-4,7-9H,5-6H2,(H,28,29,30,31). The first kappa shape index (κ1) is 22.2. The highest BCUT2D eigenvalue weighted by molar-refractivity contribution is 5.81. The number of hydrogen-bond donors (Lipinski definition) is 1. The molecule has 0 saturated carbocycles. The van der Waals surface area contributed by atoms with E-state index in [-0.39, 0.29) is 5.75 Å². The second-order valence-electron chi connectivity index (χ2n) is 6.58. The summed E-state index contributed by atoms with van der Waals surface area (Å²) in [6.07, 6.45) is -0.594. The molecule has 1 N–H and O–H groups in total. The third-order valence-corrected chi connectivity index (χ3v) is 4.41. The van der Waals surface area contributed by atoms with Gasteiger partial charge in [-0.1, -0.05) is 12.1 Å². The molecule has 0 atom stereocenters. The number of alkyl halides is 3. The Bertz CT molecular complexity index is 1290. The van der Waals surface area contributed by atoms with E-state index in [0.29, 0.717) is 29.9 Å². The first-order chi connectivity index (χ1) is 15.7. The minimum atomic E-state index is -5.46. The van der Waals surface area contributed by atoms with Crippen LogP contribution in [0.1, 0.15) is 11.1 Å².